The highest BCUT2D eigenvalue weighted by Gasteiger charge is 2.36. The predicted molar refractivity (Wildman–Crippen MR) is 130 cm³/mol. The lowest BCUT2D eigenvalue weighted by atomic mass is 9.72. The number of ether oxygens (including phenoxy) is 1. The third-order valence-electron chi connectivity index (χ3n) is 6.74. The highest BCUT2D eigenvalue weighted by atomic mass is 32.1. The summed E-state index contributed by atoms with van der Waals surface area (Å²) in [4.78, 5) is 29.7. The normalized spacial score (nSPS) is 23.2. The van der Waals surface area contributed by atoms with Crippen molar-refractivity contribution in [2.24, 2.45) is 11.3 Å². The fourth-order valence-electron chi connectivity index (χ4n) is 4.92. The molecule has 1 aromatic carbocycles. The lowest BCUT2D eigenvalue weighted by Gasteiger charge is -2.36. The van der Waals surface area contributed by atoms with Crippen molar-refractivity contribution in [3.05, 3.63) is 51.7 Å². The zero-order valence-corrected chi connectivity index (χ0v) is 20.9. The molecule has 2 aliphatic rings. The van der Waals surface area contributed by atoms with Crippen LogP contribution in [-0.4, -0.2) is 42.0 Å². The van der Waals surface area contributed by atoms with Gasteiger partial charge in [0.25, 0.3) is 11.8 Å². The van der Waals surface area contributed by atoms with Crippen LogP contribution in [0.4, 0.5) is 9.39 Å². The molecule has 2 heterocycles. The van der Waals surface area contributed by atoms with Gasteiger partial charge in [0.05, 0.1) is 17.8 Å². The summed E-state index contributed by atoms with van der Waals surface area (Å²) in [5, 5.41) is 3.58. The van der Waals surface area contributed by atoms with Gasteiger partial charge in [0.1, 0.15) is 10.8 Å². The number of hydrogen-bond donors (Lipinski definition) is 1. The van der Waals surface area contributed by atoms with Gasteiger partial charge in [0, 0.05) is 23.5 Å². The standard InChI is InChI=1S/C26H33FN2O3S/c1-15-13-29(14-16(2)32-15)25(31)22-20-11-8-18(26(3,4)5)12-21(20)33-24(22)28-23(30)17-6-9-19(27)10-7-17/h6-7,9-10,15-16,18H,8,11-14H2,1-5H3,(H,28,30)/t15-,16+,18-/m0/s1. The van der Waals surface area contributed by atoms with E-state index >= 15 is 0 Å². The fourth-order valence-corrected chi connectivity index (χ4v) is 6.23. The lowest BCUT2D eigenvalue weighted by molar-refractivity contribution is -0.0586. The van der Waals surface area contributed by atoms with Crippen molar-refractivity contribution >= 4 is 28.2 Å². The number of carbonyl (C=O) groups excluding carboxylic acids is 2. The summed E-state index contributed by atoms with van der Waals surface area (Å²) in [6.07, 6.45) is 2.70. The van der Waals surface area contributed by atoms with Gasteiger partial charge in [-0.1, -0.05) is 20.8 Å². The molecule has 0 bridgehead atoms. The Morgan fingerprint density at radius 1 is 1.12 bits per heavy atom. The van der Waals surface area contributed by atoms with Crippen molar-refractivity contribution in [2.75, 3.05) is 18.4 Å². The molecular formula is C26H33FN2O3S. The summed E-state index contributed by atoms with van der Waals surface area (Å²) >= 11 is 1.52. The van der Waals surface area contributed by atoms with Gasteiger partial charge in [0.2, 0.25) is 0 Å². The van der Waals surface area contributed by atoms with E-state index in [9.17, 15) is 14.0 Å². The van der Waals surface area contributed by atoms with Gasteiger partial charge in [-0.15, -0.1) is 11.3 Å². The van der Waals surface area contributed by atoms with Crippen LogP contribution in [-0.2, 0) is 17.6 Å². The van der Waals surface area contributed by atoms with Crippen LogP contribution in [0.25, 0.3) is 0 Å². The van der Waals surface area contributed by atoms with E-state index in [-0.39, 0.29) is 29.4 Å². The van der Waals surface area contributed by atoms with Crippen molar-refractivity contribution in [3.63, 3.8) is 0 Å². The molecule has 33 heavy (non-hydrogen) atoms. The minimum absolute atomic E-state index is 0.0327. The molecule has 0 unspecified atom stereocenters. The van der Waals surface area contributed by atoms with E-state index in [1.54, 1.807) is 0 Å². The Kier molecular flexibility index (Phi) is 6.65. The number of fused-ring (bicyclic) bond motifs is 1. The Bertz CT molecular complexity index is 1030. The van der Waals surface area contributed by atoms with E-state index in [0.29, 0.717) is 35.1 Å². The third-order valence-corrected chi connectivity index (χ3v) is 7.91. The van der Waals surface area contributed by atoms with Crippen molar-refractivity contribution in [1.82, 2.24) is 4.90 Å². The van der Waals surface area contributed by atoms with E-state index in [0.717, 1.165) is 24.8 Å². The first-order chi connectivity index (χ1) is 15.5. The average molecular weight is 473 g/mol. The van der Waals surface area contributed by atoms with E-state index in [2.05, 4.69) is 26.1 Å². The van der Waals surface area contributed by atoms with Crippen molar-refractivity contribution in [2.45, 2.75) is 66.1 Å². The Morgan fingerprint density at radius 2 is 1.76 bits per heavy atom. The molecule has 3 atom stereocenters. The van der Waals surface area contributed by atoms with Crippen LogP contribution in [0.2, 0.25) is 0 Å². The number of benzene rings is 1. The summed E-state index contributed by atoms with van der Waals surface area (Å²) in [5.74, 6) is -0.245. The van der Waals surface area contributed by atoms with Crippen molar-refractivity contribution < 1.29 is 18.7 Å². The second kappa shape index (κ2) is 9.18. The van der Waals surface area contributed by atoms with Crippen LogP contribution in [0.5, 0.6) is 0 Å². The van der Waals surface area contributed by atoms with Gasteiger partial charge in [-0.2, -0.15) is 0 Å². The Labute approximate surface area is 199 Å². The molecule has 1 saturated heterocycles. The number of rotatable bonds is 3. The number of halogens is 1. The zero-order valence-electron chi connectivity index (χ0n) is 20.0. The number of amides is 2. The summed E-state index contributed by atoms with van der Waals surface area (Å²) in [6, 6.07) is 5.46. The average Bonchev–Trinajstić information content (AvgIpc) is 3.09. The van der Waals surface area contributed by atoms with E-state index in [1.807, 2.05) is 18.7 Å². The fraction of sp³-hybridized carbons (Fsp3) is 0.538. The number of morpholine rings is 1. The predicted octanol–water partition coefficient (Wildman–Crippen LogP) is 5.54. The first kappa shape index (κ1) is 23.9. The minimum Gasteiger partial charge on any atom is -0.372 e. The molecule has 5 nitrogen and oxygen atoms in total. The summed E-state index contributed by atoms with van der Waals surface area (Å²) < 4.78 is 19.1. The largest absolute Gasteiger partial charge is 0.372 e. The highest BCUT2D eigenvalue weighted by Crippen LogP contribution is 2.45. The van der Waals surface area contributed by atoms with Crippen LogP contribution in [0.1, 0.15) is 72.2 Å². The monoisotopic (exact) mass is 472 g/mol. The molecule has 0 spiro atoms. The SMILES string of the molecule is C[C@@H]1CN(C(=O)c2c(NC(=O)c3ccc(F)cc3)sc3c2CC[C@H](C(C)(C)C)C3)C[C@H](C)O1. The Morgan fingerprint density at radius 3 is 2.36 bits per heavy atom. The maximum absolute atomic E-state index is 13.8. The van der Waals surface area contributed by atoms with Crippen molar-refractivity contribution in [3.8, 4) is 0 Å². The number of thiophene rings is 1. The van der Waals surface area contributed by atoms with Gasteiger partial charge in [0.15, 0.2) is 0 Å². The van der Waals surface area contributed by atoms with Gasteiger partial charge in [-0.25, -0.2) is 4.39 Å². The molecule has 1 aliphatic carbocycles. The lowest BCUT2D eigenvalue weighted by Crippen LogP contribution is -2.48. The van der Waals surface area contributed by atoms with Crippen molar-refractivity contribution in [1.29, 1.82) is 0 Å². The quantitative estimate of drug-likeness (QED) is 0.638. The topological polar surface area (TPSA) is 58.6 Å². The van der Waals surface area contributed by atoms with Crippen LogP contribution >= 0.6 is 11.3 Å². The van der Waals surface area contributed by atoms with Crippen LogP contribution in [0.3, 0.4) is 0 Å². The number of hydrogen-bond acceptors (Lipinski definition) is 4. The molecule has 7 heteroatoms. The number of anilines is 1. The van der Waals surface area contributed by atoms with Gasteiger partial charge in [-0.05, 0) is 74.3 Å². The summed E-state index contributed by atoms with van der Waals surface area (Å²) in [6.45, 7) is 11.8. The van der Waals surface area contributed by atoms with Crippen LogP contribution in [0, 0.1) is 17.2 Å². The minimum atomic E-state index is -0.391. The van der Waals surface area contributed by atoms with E-state index < -0.39 is 5.82 Å². The third kappa shape index (κ3) is 5.14. The van der Waals surface area contributed by atoms with E-state index in [1.165, 1.54) is 40.5 Å². The highest BCUT2D eigenvalue weighted by molar-refractivity contribution is 7.17. The molecule has 178 valence electrons. The second-order valence-electron chi connectivity index (χ2n) is 10.4. The maximum atomic E-state index is 13.8. The van der Waals surface area contributed by atoms with Gasteiger partial charge in [-0.3, -0.25) is 9.59 Å². The maximum Gasteiger partial charge on any atom is 0.257 e. The van der Waals surface area contributed by atoms with E-state index in [4.69, 9.17) is 4.74 Å². The van der Waals surface area contributed by atoms with Gasteiger partial charge < -0.3 is 15.0 Å². The molecule has 0 saturated carbocycles. The van der Waals surface area contributed by atoms with Crippen LogP contribution < -0.4 is 5.32 Å². The molecule has 4 rings (SSSR count). The first-order valence-electron chi connectivity index (χ1n) is 11.7. The van der Waals surface area contributed by atoms with Gasteiger partial charge >= 0.3 is 0 Å². The molecule has 0 radical (unpaired) electrons. The molecule has 2 aromatic rings. The number of nitrogens with zero attached hydrogens (tertiary/aromatic N) is 1. The number of carbonyl (C=O) groups is 2. The summed E-state index contributed by atoms with van der Waals surface area (Å²) in [7, 11) is 0. The number of nitrogens with one attached hydrogen (secondary N) is 1. The first-order valence-corrected chi connectivity index (χ1v) is 12.5. The Balaban J connectivity index is 1.69. The van der Waals surface area contributed by atoms with Crippen LogP contribution in [0.15, 0.2) is 24.3 Å². The second-order valence-corrected chi connectivity index (χ2v) is 11.5. The Hall–Kier alpha value is -2.25. The molecule has 1 N–H and O–H groups in total. The molecule has 1 aromatic heterocycles. The zero-order chi connectivity index (χ0) is 23.9. The molecule has 1 fully saturated rings. The smallest absolute Gasteiger partial charge is 0.257 e. The molecular weight excluding hydrogens is 439 g/mol. The molecule has 2 amide bonds. The summed E-state index contributed by atoms with van der Waals surface area (Å²) in [5.41, 5.74) is 2.24. The molecule has 1 aliphatic heterocycles.